The van der Waals surface area contributed by atoms with Crippen LogP contribution in [-0.2, 0) is 0 Å². The molecule has 0 radical (unpaired) electrons. The second-order valence-electron chi connectivity index (χ2n) is 6.12. The van der Waals surface area contributed by atoms with Crippen molar-refractivity contribution in [3.63, 3.8) is 0 Å². The minimum Gasteiger partial charge on any atom is -0.370 e. The number of likely N-dealkylation sites (N-methyl/N-ethyl adjacent to an activating group) is 1. The standard InChI is InChI=1S/C21H19NS/c1-4-15-12-21-18(16-9-8-14(2)11-20(16)23-21)13-17(15)19-7-5-6-10-22(19)3/h4-13,19H,1H2,2-3H3. The number of rotatable bonds is 2. The van der Waals surface area contributed by atoms with E-state index in [0.717, 1.165) is 0 Å². The van der Waals surface area contributed by atoms with Gasteiger partial charge >= 0.3 is 0 Å². The summed E-state index contributed by atoms with van der Waals surface area (Å²) in [5.41, 5.74) is 3.85. The molecule has 0 spiro atoms. The molecular formula is C21H19NS. The molecule has 2 heteroatoms. The molecule has 114 valence electrons. The molecule has 0 aliphatic carbocycles. The molecule has 1 aliphatic heterocycles. The topological polar surface area (TPSA) is 3.24 Å². The third-order valence-electron chi connectivity index (χ3n) is 4.54. The highest BCUT2D eigenvalue weighted by molar-refractivity contribution is 7.25. The molecule has 1 aromatic heterocycles. The molecule has 3 aromatic rings. The first kappa shape index (κ1) is 14.3. The van der Waals surface area contributed by atoms with E-state index < -0.39 is 0 Å². The summed E-state index contributed by atoms with van der Waals surface area (Å²) in [7, 11) is 2.12. The first-order chi connectivity index (χ1) is 11.2. The Bertz CT molecular complexity index is 974. The molecule has 1 atom stereocenters. The Labute approximate surface area is 140 Å². The van der Waals surface area contributed by atoms with Crippen molar-refractivity contribution < 1.29 is 0 Å². The van der Waals surface area contributed by atoms with E-state index in [4.69, 9.17) is 0 Å². The second-order valence-corrected chi connectivity index (χ2v) is 7.20. The summed E-state index contributed by atoms with van der Waals surface area (Å²) in [6, 6.07) is 11.6. The molecule has 0 saturated heterocycles. The van der Waals surface area contributed by atoms with E-state index in [1.165, 1.54) is 36.9 Å². The van der Waals surface area contributed by atoms with Crippen molar-refractivity contribution in [2.45, 2.75) is 13.0 Å². The number of thiophene rings is 1. The van der Waals surface area contributed by atoms with E-state index >= 15 is 0 Å². The minimum atomic E-state index is 0.262. The van der Waals surface area contributed by atoms with Gasteiger partial charge in [-0.25, -0.2) is 0 Å². The normalized spacial score (nSPS) is 17.3. The Morgan fingerprint density at radius 2 is 1.91 bits per heavy atom. The lowest BCUT2D eigenvalue weighted by atomic mass is 9.95. The molecule has 1 nitrogen and oxygen atoms in total. The monoisotopic (exact) mass is 317 g/mol. The van der Waals surface area contributed by atoms with Crippen LogP contribution in [0.2, 0.25) is 0 Å². The molecule has 2 aromatic carbocycles. The van der Waals surface area contributed by atoms with Gasteiger partial charge in [0, 0.05) is 27.2 Å². The Balaban J connectivity index is 2.00. The van der Waals surface area contributed by atoms with Gasteiger partial charge in [-0.05, 0) is 54.1 Å². The highest BCUT2D eigenvalue weighted by Crippen LogP contribution is 2.39. The van der Waals surface area contributed by atoms with Gasteiger partial charge < -0.3 is 4.90 Å². The largest absolute Gasteiger partial charge is 0.370 e. The SMILES string of the molecule is C=Cc1cc2sc3cc(C)ccc3c2cc1C1C=CC=CN1C. The third-order valence-corrected chi connectivity index (χ3v) is 5.65. The minimum absolute atomic E-state index is 0.262. The summed E-state index contributed by atoms with van der Waals surface area (Å²) in [6.45, 7) is 6.18. The van der Waals surface area contributed by atoms with E-state index in [1.807, 2.05) is 17.4 Å². The number of benzene rings is 2. The summed E-state index contributed by atoms with van der Waals surface area (Å²) in [4.78, 5) is 2.24. The quantitative estimate of drug-likeness (QED) is 0.555. The van der Waals surface area contributed by atoms with E-state index in [2.05, 4.69) is 80.2 Å². The van der Waals surface area contributed by atoms with Gasteiger partial charge in [-0.2, -0.15) is 0 Å². The zero-order valence-corrected chi connectivity index (χ0v) is 14.2. The van der Waals surface area contributed by atoms with Crippen molar-refractivity contribution in [1.82, 2.24) is 4.90 Å². The van der Waals surface area contributed by atoms with Crippen LogP contribution in [-0.4, -0.2) is 11.9 Å². The zero-order valence-electron chi connectivity index (χ0n) is 13.4. The van der Waals surface area contributed by atoms with Crippen molar-refractivity contribution in [2.75, 3.05) is 7.05 Å². The predicted molar refractivity (Wildman–Crippen MR) is 103 cm³/mol. The second kappa shape index (κ2) is 5.39. The number of hydrogen-bond acceptors (Lipinski definition) is 2. The van der Waals surface area contributed by atoms with Crippen molar-refractivity contribution in [3.05, 3.63) is 78.0 Å². The van der Waals surface area contributed by atoms with Gasteiger partial charge in [0.15, 0.2) is 0 Å². The van der Waals surface area contributed by atoms with Gasteiger partial charge in [-0.15, -0.1) is 11.3 Å². The Kier molecular flexibility index (Phi) is 3.35. The molecule has 0 amide bonds. The molecule has 1 unspecified atom stereocenters. The maximum absolute atomic E-state index is 4.03. The number of hydrogen-bond donors (Lipinski definition) is 0. The van der Waals surface area contributed by atoms with Crippen molar-refractivity contribution in [3.8, 4) is 0 Å². The zero-order chi connectivity index (χ0) is 16.0. The fourth-order valence-electron chi connectivity index (χ4n) is 3.30. The number of fused-ring (bicyclic) bond motifs is 3. The molecular weight excluding hydrogens is 298 g/mol. The smallest absolute Gasteiger partial charge is 0.0726 e. The van der Waals surface area contributed by atoms with Crippen LogP contribution >= 0.6 is 11.3 Å². The van der Waals surface area contributed by atoms with Crippen molar-refractivity contribution in [2.24, 2.45) is 0 Å². The average Bonchev–Trinajstić information content (AvgIpc) is 2.90. The number of allylic oxidation sites excluding steroid dienone is 2. The highest BCUT2D eigenvalue weighted by atomic mass is 32.1. The molecule has 1 aliphatic rings. The lowest BCUT2D eigenvalue weighted by Gasteiger charge is -2.28. The Hall–Kier alpha value is -2.32. The van der Waals surface area contributed by atoms with Gasteiger partial charge in [-0.3, -0.25) is 0 Å². The molecule has 0 fully saturated rings. The Morgan fingerprint density at radius 1 is 1.09 bits per heavy atom. The number of nitrogens with zero attached hydrogens (tertiary/aromatic N) is 1. The van der Waals surface area contributed by atoms with Crippen molar-refractivity contribution >= 4 is 37.6 Å². The number of aryl methyl sites for hydroxylation is 1. The van der Waals surface area contributed by atoms with Crippen LogP contribution in [0.1, 0.15) is 22.7 Å². The van der Waals surface area contributed by atoms with Gasteiger partial charge in [0.1, 0.15) is 0 Å². The predicted octanol–water partition coefficient (Wildman–Crippen LogP) is 6.06. The fourth-order valence-corrected chi connectivity index (χ4v) is 4.54. The van der Waals surface area contributed by atoms with Gasteiger partial charge in [-0.1, -0.05) is 36.9 Å². The van der Waals surface area contributed by atoms with Crippen molar-refractivity contribution in [1.29, 1.82) is 0 Å². The lowest BCUT2D eigenvalue weighted by Crippen LogP contribution is -2.19. The lowest BCUT2D eigenvalue weighted by molar-refractivity contribution is 0.390. The van der Waals surface area contributed by atoms with Gasteiger partial charge in [0.2, 0.25) is 0 Å². The first-order valence-electron chi connectivity index (χ1n) is 7.83. The van der Waals surface area contributed by atoms with Crippen LogP contribution in [0.3, 0.4) is 0 Å². The van der Waals surface area contributed by atoms with E-state index in [1.54, 1.807) is 0 Å². The van der Waals surface area contributed by atoms with Crippen LogP contribution in [0.5, 0.6) is 0 Å². The van der Waals surface area contributed by atoms with E-state index in [9.17, 15) is 0 Å². The van der Waals surface area contributed by atoms with Crippen LogP contribution < -0.4 is 0 Å². The van der Waals surface area contributed by atoms with Crippen LogP contribution in [0, 0.1) is 6.92 Å². The van der Waals surface area contributed by atoms with Crippen LogP contribution in [0.4, 0.5) is 0 Å². The van der Waals surface area contributed by atoms with Crippen LogP contribution in [0.25, 0.3) is 26.2 Å². The molecule has 0 bridgehead atoms. The third kappa shape index (κ3) is 2.30. The summed E-state index contributed by atoms with van der Waals surface area (Å²) in [6.07, 6.45) is 10.5. The summed E-state index contributed by atoms with van der Waals surface area (Å²) < 4.78 is 2.70. The summed E-state index contributed by atoms with van der Waals surface area (Å²) in [5, 5.41) is 2.70. The fraction of sp³-hybridized carbons (Fsp3) is 0.143. The summed E-state index contributed by atoms with van der Waals surface area (Å²) >= 11 is 1.87. The van der Waals surface area contributed by atoms with E-state index in [-0.39, 0.29) is 6.04 Å². The maximum Gasteiger partial charge on any atom is 0.0726 e. The average molecular weight is 317 g/mol. The molecule has 0 N–H and O–H groups in total. The highest BCUT2D eigenvalue weighted by Gasteiger charge is 2.18. The van der Waals surface area contributed by atoms with Crippen LogP contribution in [0.15, 0.2) is 61.3 Å². The molecule has 4 rings (SSSR count). The van der Waals surface area contributed by atoms with E-state index in [0.29, 0.717) is 0 Å². The molecule has 23 heavy (non-hydrogen) atoms. The van der Waals surface area contributed by atoms with Gasteiger partial charge in [0.05, 0.1) is 6.04 Å². The van der Waals surface area contributed by atoms with Gasteiger partial charge in [0.25, 0.3) is 0 Å². The maximum atomic E-state index is 4.03. The summed E-state index contributed by atoms with van der Waals surface area (Å²) in [5.74, 6) is 0. The first-order valence-corrected chi connectivity index (χ1v) is 8.65. The Morgan fingerprint density at radius 3 is 2.70 bits per heavy atom. The molecule has 0 saturated carbocycles. The molecule has 2 heterocycles.